The van der Waals surface area contributed by atoms with Gasteiger partial charge in [-0.25, -0.2) is 9.97 Å². The van der Waals surface area contributed by atoms with Crippen LogP contribution in [-0.4, -0.2) is 20.4 Å². The normalized spacial score (nSPS) is 10.9. The summed E-state index contributed by atoms with van der Waals surface area (Å²) in [5, 5.41) is 6.79. The quantitative estimate of drug-likeness (QED) is 0.482. The van der Waals surface area contributed by atoms with Gasteiger partial charge in [0.2, 0.25) is 0 Å². The first kappa shape index (κ1) is 18.0. The van der Waals surface area contributed by atoms with Gasteiger partial charge in [-0.1, -0.05) is 18.2 Å². The highest BCUT2D eigenvalue weighted by Crippen LogP contribution is 2.34. The third-order valence-corrected chi connectivity index (χ3v) is 7.20. The lowest BCUT2D eigenvalue weighted by atomic mass is 10.3. The van der Waals surface area contributed by atoms with Crippen molar-refractivity contribution >= 4 is 46.0 Å². The van der Waals surface area contributed by atoms with Crippen LogP contribution in [-0.2, 0) is 7.05 Å². The van der Waals surface area contributed by atoms with Gasteiger partial charge in [0.25, 0.3) is 5.91 Å². The van der Waals surface area contributed by atoms with Gasteiger partial charge in [0.1, 0.15) is 9.88 Å². The molecule has 4 rings (SSSR count). The lowest BCUT2D eigenvalue weighted by Crippen LogP contribution is -2.12. The number of hydrogen-bond acceptors (Lipinski definition) is 6. The van der Waals surface area contributed by atoms with E-state index in [0.29, 0.717) is 4.88 Å². The van der Waals surface area contributed by atoms with E-state index in [2.05, 4.69) is 15.3 Å². The number of para-hydroxylation sites is 1. The smallest absolute Gasteiger partial charge is 0.267 e. The van der Waals surface area contributed by atoms with E-state index in [-0.39, 0.29) is 5.91 Å². The number of amides is 1. The van der Waals surface area contributed by atoms with Crippen LogP contribution in [0.3, 0.4) is 0 Å². The Morgan fingerprint density at radius 3 is 2.81 bits per heavy atom. The van der Waals surface area contributed by atoms with E-state index >= 15 is 0 Å². The Balaban J connectivity index is 1.58. The van der Waals surface area contributed by atoms with Crippen LogP contribution in [0.25, 0.3) is 9.88 Å². The van der Waals surface area contributed by atoms with E-state index in [1.807, 2.05) is 66.5 Å². The van der Waals surface area contributed by atoms with Gasteiger partial charge >= 0.3 is 0 Å². The molecule has 0 bridgehead atoms. The zero-order valence-corrected chi connectivity index (χ0v) is 17.1. The number of imidazole rings is 1. The number of carbonyl (C=O) groups is 1. The predicted octanol–water partition coefficient (Wildman–Crippen LogP) is 5.32. The van der Waals surface area contributed by atoms with Gasteiger partial charge in [0.05, 0.1) is 16.3 Å². The summed E-state index contributed by atoms with van der Waals surface area (Å²) >= 11 is 4.56. The van der Waals surface area contributed by atoms with Gasteiger partial charge < -0.3 is 9.88 Å². The van der Waals surface area contributed by atoms with Crippen molar-refractivity contribution in [2.24, 2.45) is 7.05 Å². The fourth-order valence-electron chi connectivity index (χ4n) is 2.50. The first-order valence-corrected chi connectivity index (χ1v) is 10.7. The average Bonchev–Trinajstić information content (AvgIpc) is 3.38. The monoisotopic (exact) mass is 412 g/mol. The second-order valence-electron chi connectivity index (χ2n) is 5.78. The molecule has 0 radical (unpaired) electrons. The van der Waals surface area contributed by atoms with Crippen LogP contribution in [0.1, 0.15) is 15.4 Å². The summed E-state index contributed by atoms with van der Waals surface area (Å²) < 4.78 is 1.95. The Labute approximate surface area is 169 Å². The molecule has 0 aliphatic carbocycles. The number of anilines is 1. The zero-order chi connectivity index (χ0) is 18.8. The highest BCUT2D eigenvalue weighted by Gasteiger charge is 2.18. The van der Waals surface area contributed by atoms with E-state index < -0.39 is 0 Å². The molecule has 0 atom stereocenters. The van der Waals surface area contributed by atoms with E-state index in [0.717, 1.165) is 31.3 Å². The summed E-state index contributed by atoms with van der Waals surface area (Å²) in [4.78, 5) is 24.4. The minimum atomic E-state index is -0.138. The molecule has 0 aliphatic heterocycles. The number of aryl methyl sites for hydroxylation is 2. The van der Waals surface area contributed by atoms with Crippen LogP contribution in [0, 0.1) is 6.92 Å². The number of aromatic nitrogens is 3. The predicted molar refractivity (Wildman–Crippen MR) is 112 cm³/mol. The molecule has 0 aliphatic rings. The van der Waals surface area contributed by atoms with Crippen molar-refractivity contribution in [1.82, 2.24) is 14.5 Å². The highest BCUT2D eigenvalue weighted by molar-refractivity contribution is 7.99. The maximum absolute atomic E-state index is 12.9. The van der Waals surface area contributed by atoms with Crippen LogP contribution in [0.2, 0.25) is 0 Å². The van der Waals surface area contributed by atoms with Crippen LogP contribution >= 0.6 is 34.4 Å². The molecule has 0 spiro atoms. The summed E-state index contributed by atoms with van der Waals surface area (Å²) in [5.74, 6) is -0.138. The summed E-state index contributed by atoms with van der Waals surface area (Å²) in [6.45, 7) is 1.87. The number of nitrogens with one attached hydrogen (secondary N) is 1. The number of thiophene rings is 1. The zero-order valence-electron chi connectivity index (χ0n) is 14.7. The van der Waals surface area contributed by atoms with Crippen molar-refractivity contribution in [2.45, 2.75) is 17.0 Å². The van der Waals surface area contributed by atoms with Gasteiger partial charge in [-0.2, -0.15) is 0 Å². The maximum atomic E-state index is 12.9. The summed E-state index contributed by atoms with van der Waals surface area (Å²) in [7, 11) is 1.95. The molecule has 136 valence electrons. The lowest BCUT2D eigenvalue weighted by molar-refractivity contribution is 0.102. The minimum Gasteiger partial charge on any atom is -0.329 e. The first-order chi connectivity index (χ1) is 13.1. The Hall–Kier alpha value is -2.42. The van der Waals surface area contributed by atoms with Gasteiger partial charge in [0, 0.05) is 24.3 Å². The van der Waals surface area contributed by atoms with Crippen LogP contribution in [0.5, 0.6) is 0 Å². The summed E-state index contributed by atoms with van der Waals surface area (Å²) in [5.41, 5.74) is 1.51. The van der Waals surface area contributed by atoms with Crippen molar-refractivity contribution < 1.29 is 4.79 Å². The molecule has 0 fully saturated rings. The average molecular weight is 413 g/mol. The molecule has 4 aromatic rings. The molecule has 1 N–H and O–H groups in total. The van der Waals surface area contributed by atoms with Crippen molar-refractivity contribution in [3.8, 4) is 9.88 Å². The Kier molecular flexibility index (Phi) is 5.11. The molecular weight excluding hydrogens is 396 g/mol. The van der Waals surface area contributed by atoms with Crippen molar-refractivity contribution in [3.63, 3.8) is 0 Å². The minimum absolute atomic E-state index is 0.138. The molecule has 0 saturated carbocycles. The maximum Gasteiger partial charge on any atom is 0.267 e. The van der Waals surface area contributed by atoms with Gasteiger partial charge in [-0.05, 0) is 42.3 Å². The molecule has 27 heavy (non-hydrogen) atoms. The van der Waals surface area contributed by atoms with Crippen molar-refractivity contribution in [3.05, 3.63) is 64.7 Å². The molecule has 5 nitrogen and oxygen atoms in total. The van der Waals surface area contributed by atoms with Gasteiger partial charge in [0.15, 0.2) is 5.16 Å². The first-order valence-electron chi connectivity index (χ1n) is 8.18. The Bertz CT molecular complexity index is 1080. The van der Waals surface area contributed by atoms with Crippen molar-refractivity contribution in [2.75, 3.05) is 5.32 Å². The Morgan fingerprint density at radius 2 is 2.07 bits per heavy atom. The number of nitrogens with zero attached hydrogens (tertiary/aromatic N) is 3. The highest BCUT2D eigenvalue weighted by atomic mass is 32.2. The van der Waals surface area contributed by atoms with Crippen molar-refractivity contribution in [1.29, 1.82) is 0 Å². The molecule has 3 aromatic heterocycles. The topological polar surface area (TPSA) is 59.8 Å². The number of hydrogen-bond donors (Lipinski definition) is 1. The fraction of sp³-hybridized carbons (Fsp3) is 0.105. The molecule has 1 amide bonds. The van der Waals surface area contributed by atoms with E-state index in [4.69, 9.17) is 0 Å². The van der Waals surface area contributed by atoms with Crippen LogP contribution in [0.15, 0.2) is 64.2 Å². The molecule has 3 heterocycles. The summed E-state index contributed by atoms with van der Waals surface area (Å²) in [6.07, 6.45) is 3.66. The van der Waals surface area contributed by atoms with Crippen LogP contribution < -0.4 is 5.32 Å². The third-order valence-electron chi connectivity index (χ3n) is 3.85. The lowest BCUT2D eigenvalue weighted by Gasteiger charge is -2.10. The standard InChI is InChI=1S/C19H16N4OS3/c1-12-16(27-18(21-12)15-8-5-11-25-15)17(24)22-13-6-3-4-7-14(13)26-19-20-9-10-23(19)2/h3-11H,1-2H3,(H,22,24). The molecule has 8 heteroatoms. The van der Waals surface area contributed by atoms with Gasteiger partial charge in [-0.15, -0.1) is 22.7 Å². The van der Waals surface area contributed by atoms with E-state index in [1.165, 1.54) is 23.1 Å². The number of carbonyl (C=O) groups excluding carboxylic acids is 1. The summed E-state index contributed by atoms with van der Waals surface area (Å²) in [6, 6.07) is 11.7. The largest absolute Gasteiger partial charge is 0.329 e. The van der Waals surface area contributed by atoms with E-state index in [9.17, 15) is 4.79 Å². The number of benzene rings is 1. The van der Waals surface area contributed by atoms with E-state index in [1.54, 1.807) is 17.5 Å². The third kappa shape index (κ3) is 3.83. The van der Waals surface area contributed by atoms with Crippen LogP contribution in [0.4, 0.5) is 5.69 Å². The SMILES string of the molecule is Cc1nc(-c2cccs2)sc1C(=O)Nc1ccccc1Sc1nccn1C. The number of thiazole rings is 1. The second-order valence-corrected chi connectivity index (χ2v) is 8.74. The Morgan fingerprint density at radius 1 is 1.22 bits per heavy atom. The molecule has 0 unspecified atom stereocenters. The number of rotatable bonds is 5. The molecular formula is C19H16N4OS3. The second kappa shape index (κ2) is 7.67. The fourth-order valence-corrected chi connectivity index (χ4v) is 5.15. The molecule has 1 aromatic carbocycles. The molecule has 0 saturated heterocycles. The van der Waals surface area contributed by atoms with Gasteiger partial charge in [-0.3, -0.25) is 4.79 Å².